The van der Waals surface area contributed by atoms with Crippen molar-refractivity contribution in [2.24, 2.45) is 0 Å². The average Bonchev–Trinajstić information content (AvgIpc) is 2.29. The first-order chi connectivity index (χ1) is 7.76. The summed E-state index contributed by atoms with van der Waals surface area (Å²) >= 11 is 0. The SMILES string of the molecule is CNCCC(=O)Nc1ccc(CCO)cc1.Cl. The zero-order valence-electron chi connectivity index (χ0n) is 9.90. The number of aliphatic hydroxyl groups excluding tert-OH is 1. The molecule has 5 heteroatoms. The van der Waals surface area contributed by atoms with Crippen molar-refractivity contribution < 1.29 is 9.90 Å². The molecule has 1 rings (SSSR count). The van der Waals surface area contributed by atoms with Crippen LogP contribution in [-0.4, -0.2) is 31.2 Å². The fraction of sp³-hybridized carbons (Fsp3) is 0.417. The number of amides is 1. The monoisotopic (exact) mass is 258 g/mol. The molecule has 3 N–H and O–H groups in total. The van der Waals surface area contributed by atoms with Crippen LogP contribution in [0.15, 0.2) is 24.3 Å². The van der Waals surface area contributed by atoms with E-state index in [1.165, 1.54) is 0 Å². The highest BCUT2D eigenvalue weighted by molar-refractivity contribution is 5.90. The summed E-state index contributed by atoms with van der Waals surface area (Å²) in [4.78, 5) is 11.4. The van der Waals surface area contributed by atoms with Crippen LogP contribution in [0.25, 0.3) is 0 Å². The first kappa shape index (κ1) is 15.9. The molecule has 0 spiro atoms. The summed E-state index contributed by atoms with van der Waals surface area (Å²) in [6.07, 6.45) is 1.11. The minimum Gasteiger partial charge on any atom is -0.396 e. The van der Waals surface area contributed by atoms with Crippen molar-refractivity contribution >= 4 is 24.0 Å². The van der Waals surface area contributed by atoms with Crippen LogP contribution in [0.2, 0.25) is 0 Å². The number of aliphatic hydroxyl groups is 1. The Labute approximate surface area is 108 Å². The second-order valence-electron chi connectivity index (χ2n) is 3.57. The number of hydrogen-bond acceptors (Lipinski definition) is 3. The van der Waals surface area contributed by atoms with E-state index in [0.29, 0.717) is 19.4 Å². The molecular weight excluding hydrogens is 240 g/mol. The first-order valence-electron chi connectivity index (χ1n) is 5.40. The van der Waals surface area contributed by atoms with E-state index >= 15 is 0 Å². The minimum absolute atomic E-state index is 0. The van der Waals surface area contributed by atoms with E-state index in [1.807, 2.05) is 31.3 Å². The highest BCUT2D eigenvalue weighted by Gasteiger charge is 2.01. The molecule has 96 valence electrons. The smallest absolute Gasteiger partial charge is 0.225 e. The maximum atomic E-state index is 11.4. The van der Waals surface area contributed by atoms with Crippen molar-refractivity contribution in [1.82, 2.24) is 5.32 Å². The molecule has 1 aromatic carbocycles. The molecule has 17 heavy (non-hydrogen) atoms. The Morgan fingerprint density at radius 2 is 1.94 bits per heavy atom. The van der Waals surface area contributed by atoms with Gasteiger partial charge in [-0.05, 0) is 31.2 Å². The van der Waals surface area contributed by atoms with Gasteiger partial charge in [-0.25, -0.2) is 0 Å². The first-order valence-corrected chi connectivity index (χ1v) is 5.40. The van der Waals surface area contributed by atoms with Gasteiger partial charge in [-0.1, -0.05) is 12.1 Å². The highest BCUT2D eigenvalue weighted by Crippen LogP contribution is 2.10. The standard InChI is InChI=1S/C12H18N2O2.ClH/c1-13-8-6-12(16)14-11-4-2-10(3-5-11)7-9-15;/h2-5,13,15H,6-9H2,1H3,(H,14,16);1H. The number of hydrogen-bond donors (Lipinski definition) is 3. The quantitative estimate of drug-likeness (QED) is 0.718. The Morgan fingerprint density at radius 3 is 2.47 bits per heavy atom. The van der Waals surface area contributed by atoms with E-state index in [0.717, 1.165) is 11.3 Å². The van der Waals surface area contributed by atoms with Crippen molar-refractivity contribution in [2.75, 3.05) is 25.5 Å². The van der Waals surface area contributed by atoms with Gasteiger partial charge in [0.2, 0.25) is 5.91 Å². The van der Waals surface area contributed by atoms with E-state index in [-0.39, 0.29) is 24.9 Å². The molecule has 0 unspecified atom stereocenters. The van der Waals surface area contributed by atoms with Gasteiger partial charge in [-0.2, -0.15) is 0 Å². The lowest BCUT2D eigenvalue weighted by Crippen LogP contribution is -2.18. The number of benzene rings is 1. The van der Waals surface area contributed by atoms with Crippen LogP contribution in [0, 0.1) is 0 Å². The van der Waals surface area contributed by atoms with Crippen LogP contribution < -0.4 is 10.6 Å². The van der Waals surface area contributed by atoms with E-state index in [1.54, 1.807) is 0 Å². The molecule has 0 aromatic heterocycles. The van der Waals surface area contributed by atoms with Gasteiger partial charge in [0, 0.05) is 25.3 Å². The summed E-state index contributed by atoms with van der Waals surface area (Å²) in [7, 11) is 1.82. The molecule has 0 radical (unpaired) electrons. The third kappa shape index (κ3) is 6.26. The normalized spacial score (nSPS) is 9.53. The Bertz CT molecular complexity index is 328. The highest BCUT2D eigenvalue weighted by atomic mass is 35.5. The lowest BCUT2D eigenvalue weighted by Gasteiger charge is -2.05. The summed E-state index contributed by atoms with van der Waals surface area (Å²) < 4.78 is 0. The molecule has 0 fully saturated rings. The summed E-state index contributed by atoms with van der Waals surface area (Å²) in [6.45, 7) is 0.822. The molecule has 0 saturated carbocycles. The summed E-state index contributed by atoms with van der Waals surface area (Å²) in [5.41, 5.74) is 1.86. The van der Waals surface area contributed by atoms with Gasteiger partial charge in [-0.3, -0.25) is 4.79 Å². The van der Waals surface area contributed by atoms with Gasteiger partial charge < -0.3 is 15.7 Å². The van der Waals surface area contributed by atoms with E-state index < -0.39 is 0 Å². The maximum absolute atomic E-state index is 11.4. The van der Waals surface area contributed by atoms with Crippen LogP contribution >= 0.6 is 12.4 Å². The number of carbonyl (C=O) groups is 1. The maximum Gasteiger partial charge on any atom is 0.225 e. The minimum atomic E-state index is 0. The van der Waals surface area contributed by atoms with Gasteiger partial charge in [-0.15, -0.1) is 12.4 Å². The van der Waals surface area contributed by atoms with Gasteiger partial charge in [0.05, 0.1) is 0 Å². The Morgan fingerprint density at radius 1 is 1.29 bits per heavy atom. The van der Waals surface area contributed by atoms with Gasteiger partial charge in [0.25, 0.3) is 0 Å². The zero-order chi connectivity index (χ0) is 11.8. The number of carbonyl (C=O) groups excluding carboxylic acids is 1. The van der Waals surface area contributed by atoms with Crippen molar-refractivity contribution in [3.05, 3.63) is 29.8 Å². The predicted molar refractivity (Wildman–Crippen MR) is 71.7 cm³/mol. The number of halogens is 1. The second kappa shape index (κ2) is 8.98. The number of rotatable bonds is 6. The topological polar surface area (TPSA) is 61.4 Å². The third-order valence-electron chi connectivity index (χ3n) is 2.24. The van der Waals surface area contributed by atoms with Crippen LogP contribution in [0.4, 0.5) is 5.69 Å². The van der Waals surface area contributed by atoms with Gasteiger partial charge >= 0.3 is 0 Å². The van der Waals surface area contributed by atoms with Crippen LogP contribution in [0.5, 0.6) is 0 Å². The largest absolute Gasteiger partial charge is 0.396 e. The van der Waals surface area contributed by atoms with Gasteiger partial charge in [0.1, 0.15) is 0 Å². The third-order valence-corrected chi connectivity index (χ3v) is 2.24. The summed E-state index contributed by atoms with van der Waals surface area (Å²) in [5, 5.41) is 14.5. The molecule has 1 amide bonds. The van der Waals surface area contributed by atoms with E-state index in [4.69, 9.17) is 5.11 Å². The fourth-order valence-electron chi connectivity index (χ4n) is 1.35. The van der Waals surface area contributed by atoms with Crippen molar-refractivity contribution in [2.45, 2.75) is 12.8 Å². The molecule has 0 aliphatic heterocycles. The van der Waals surface area contributed by atoms with E-state index in [9.17, 15) is 4.79 Å². The molecule has 0 aliphatic carbocycles. The fourth-order valence-corrected chi connectivity index (χ4v) is 1.35. The molecule has 4 nitrogen and oxygen atoms in total. The zero-order valence-corrected chi connectivity index (χ0v) is 10.7. The van der Waals surface area contributed by atoms with Gasteiger partial charge in [0.15, 0.2) is 0 Å². The molecule has 0 bridgehead atoms. The van der Waals surface area contributed by atoms with E-state index in [2.05, 4.69) is 10.6 Å². The molecule has 0 saturated heterocycles. The Balaban J connectivity index is 0.00000256. The van der Waals surface area contributed by atoms with Crippen molar-refractivity contribution in [3.63, 3.8) is 0 Å². The second-order valence-corrected chi connectivity index (χ2v) is 3.57. The van der Waals surface area contributed by atoms with Crippen LogP contribution in [0.1, 0.15) is 12.0 Å². The molecular formula is C12H19ClN2O2. The molecule has 0 aliphatic rings. The Kier molecular flexibility index (Phi) is 8.40. The van der Waals surface area contributed by atoms with Crippen LogP contribution in [-0.2, 0) is 11.2 Å². The molecule has 0 heterocycles. The van der Waals surface area contributed by atoms with Crippen molar-refractivity contribution in [3.8, 4) is 0 Å². The predicted octanol–water partition coefficient (Wildman–Crippen LogP) is 1.19. The summed E-state index contributed by atoms with van der Waals surface area (Å²) in [6, 6.07) is 7.51. The lowest BCUT2D eigenvalue weighted by atomic mass is 10.1. The van der Waals surface area contributed by atoms with Crippen LogP contribution in [0.3, 0.4) is 0 Å². The Hall–Kier alpha value is -1.10. The lowest BCUT2D eigenvalue weighted by molar-refractivity contribution is -0.116. The number of nitrogens with one attached hydrogen (secondary N) is 2. The summed E-state index contributed by atoms with van der Waals surface area (Å²) in [5.74, 6) is 0.00394. The van der Waals surface area contributed by atoms with Crippen molar-refractivity contribution in [1.29, 1.82) is 0 Å². The number of anilines is 1. The average molecular weight is 259 g/mol. The molecule has 0 atom stereocenters. The molecule has 1 aromatic rings.